The molecular weight excluding hydrogens is 419 g/mol. The van der Waals surface area contributed by atoms with Crippen LogP contribution < -0.4 is 5.32 Å². The van der Waals surface area contributed by atoms with E-state index >= 15 is 0 Å². The minimum absolute atomic E-state index is 0.215. The molecule has 2 aromatic carbocycles. The van der Waals surface area contributed by atoms with Crippen LogP contribution in [0.2, 0.25) is 0 Å². The first-order valence-electron chi connectivity index (χ1n) is 10.5. The van der Waals surface area contributed by atoms with Crippen LogP contribution in [-0.2, 0) is 0 Å². The lowest BCUT2D eigenvalue weighted by molar-refractivity contribution is 0.0996. The van der Waals surface area contributed by atoms with E-state index in [-0.39, 0.29) is 17.5 Å². The second-order valence-corrected chi connectivity index (χ2v) is 7.69. The minimum atomic E-state index is -0.361. The molecule has 33 heavy (non-hydrogen) atoms. The van der Waals surface area contributed by atoms with Crippen LogP contribution in [0.15, 0.2) is 89.5 Å². The zero-order valence-corrected chi connectivity index (χ0v) is 18.1. The molecule has 0 unspecified atom stereocenters. The fourth-order valence-electron chi connectivity index (χ4n) is 3.96. The molecule has 6 nitrogen and oxygen atoms in total. The molecule has 0 saturated carbocycles. The van der Waals surface area contributed by atoms with Gasteiger partial charge in [0.05, 0.1) is 17.6 Å². The highest BCUT2D eigenvalue weighted by Crippen LogP contribution is 2.31. The zero-order chi connectivity index (χ0) is 22.9. The molecule has 3 aromatic heterocycles. The van der Waals surface area contributed by atoms with Gasteiger partial charge in [0.1, 0.15) is 11.6 Å². The van der Waals surface area contributed by atoms with Gasteiger partial charge in [0, 0.05) is 28.7 Å². The predicted octanol–water partition coefficient (Wildman–Crippen LogP) is 5.93. The highest BCUT2D eigenvalue weighted by Gasteiger charge is 2.19. The molecule has 0 atom stereocenters. The topological polar surface area (TPSA) is 65.0 Å². The van der Waals surface area contributed by atoms with Crippen molar-refractivity contribution in [1.29, 1.82) is 0 Å². The van der Waals surface area contributed by atoms with Crippen molar-refractivity contribution >= 4 is 11.7 Å². The van der Waals surface area contributed by atoms with E-state index in [0.29, 0.717) is 11.5 Å². The van der Waals surface area contributed by atoms with Crippen LogP contribution in [0.4, 0.5) is 10.2 Å². The molecule has 1 amide bonds. The number of rotatable bonds is 5. The van der Waals surface area contributed by atoms with Crippen molar-refractivity contribution in [3.8, 4) is 22.6 Å². The Morgan fingerprint density at radius 1 is 0.939 bits per heavy atom. The number of hydrogen-bond donors (Lipinski definition) is 1. The largest absolute Gasteiger partial charge is 0.459 e. The van der Waals surface area contributed by atoms with E-state index in [0.717, 1.165) is 28.3 Å². The molecule has 0 aliphatic heterocycles. The molecule has 3 heterocycles. The summed E-state index contributed by atoms with van der Waals surface area (Å²) in [4.78, 5) is 12.7. The molecule has 7 heteroatoms. The van der Waals surface area contributed by atoms with Crippen molar-refractivity contribution in [1.82, 2.24) is 14.3 Å². The molecular formula is C26H21FN4O2. The van der Waals surface area contributed by atoms with Crippen molar-refractivity contribution < 1.29 is 13.6 Å². The van der Waals surface area contributed by atoms with Gasteiger partial charge < -0.3 is 14.3 Å². The Morgan fingerprint density at radius 2 is 1.70 bits per heavy atom. The first-order valence-corrected chi connectivity index (χ1v) is 10.5. The summed E-state index contributed by atoms with van der Waals surface area (Å²) in [6.45, 7) is 3.99. The second-order valence-electron chi connectivity index (χ2n) is 7.69. The normalized spacial score (nSPS) is 11.0. The molecule has 0 bridgehead atoms. The average molecular weight is 440 g/mol. The number of nitrogens with one attached hydrogen (secondary N) is 1. The number of anilines is 1. The smallest absolute Gasteiger partial charge is 0.292 e. The third kappa shape index (κ3) is 3.85. The van der Waals surface area contributed by atoms with Gasteiger partial charge in [-0.25, -0.2) is 9.07 Å². The summed E-state index contributed by atoms with van der Waals surface area (Å²) in [5, 5.41) is 7.71. The van der Waals surface area contributed by atoms with Crippen molar-refractivity contribution in [2.24, 2.45) is 0 Å². The van der Waals surface area contributed by atoms with E-state index in [4.69, 9.17) is 9.52 Å². The standard InChI is InChI=1S/C26H21FN4O2/c1-17-15-22(18(2)30(17)20-12-10-19(27)11-13-20)23-16-25(28-26(32)24-9-6-14-33-24)31(29-23)21-7-4-3-5-8-21/h3-16H,1-2H3,(H,28,32). The van der Waals surface area contributed by atoms with E-state index in [2.05, 4.69) is 9.88 Å². The van der Waals surface area contributed by atoms with E-state index in [1.807, 2.05) is 56.3 Å². The number of amides is 1. The number of benzene rings is 2. The first-order chi connectivity index (χ1) is 16.0. The third-order valence-electron chi connectivity index (χ3n) is 5.49. The lowest BCUT2D eigenvalue weighted by atomic mass is 10.2. The number of hydrogen-bond acceptors (Lipinski definition) is 3. The maximum atomic E-state index is 13.4. The highest BCUT2D eigenvalue weighted by atomic mass is 19.1. The summed E-state index contributed by atoms with van der Waals surface area (Å²) >= 11 is 0. The number of carbonyl (C=O) groups excluding carboxylic acids is 1. The zero-order valence-electron chi connectivity index (χ0n) is 18.1. The van der Waals surface area contributed by atoms with Crippen LogP contribution in [0, 0.1) is 19.7 Å². The molecule has 0 saturated heterocycles. The van der Waals surface area contributed by atoms with Gasteiger partial charge in [-0.15, -0.1) is 0 Å². The quantitative estimate of drug-likeness (QED) is 0.368. The number of para-hydroxylation sites is 1. The Morgan fingerprint density at radius 3 is 2.39 bits per heavy atom. The maximum Gasteiger partial charge on any atom is 0.292 e. The van der Waals surface area contributed by atoms with Crippen LogP contribution in [-0.4, -0.2) is 20.3 Å². The summed E-state index contributed by atoms with van der Waals surface area (Å²) in [7, 11) is 0. The van der Waals surface area contributed by atoms with Crippen LogP contribution in [0.25, 0.3) is 22.6 Å². The lowest BCUT2D eigenvalue weighted by Gasteiger charge is -2.09. The van der Waals surface area contributed by atoms with Gasteiger partial charge in [0.15, 0.2) is 5.76 Å². The molecule has 5 aromatic rings. The summed E-state index contributed by atoms with van der Waals surface area (Å²) in [6.07, 6.45) is 1.46. The Hall–Kier alpha value is -4.39. The van der Waals surface area contributed by atoms with Crippen LogP contribution >= 0.6 is 0 Å². The molecule has 1 N–H and O–H groups in total. The molecule has 0 spiro atoms. The first kappa shape index (κ1) is 20.5. The fourth-order valence-corrected chi connectivity index (χ4v) is 3.96. The van der Waals surface area contributed by atoms with Gasteiger partial charge in [-0.1, -0.05) is 18.2 Å². The number of nitrogens with zero attached hydrogens (tertiary/aromatic N) is 3. The van der Waals surface area contributed by atoms with Gasteiger partial charge in [-0.05, 0) is 68.4 Å². The van der Waals surface area contributed by atoms with Crippen molar-refractivity contribution in [2.45, 2.75) is 13.8 Å². The summed E-state index contributed by atoms with van der Waals surface area (Å²) < 4.78 is 22.4. The molecule has 0 aliphatic rings. The third-order valence-corrected chi connectivity index (χ3v) is 5.49. The van der Waals surface area contributed by atoms with Crippen molar-refractivity contribution in [3.63, 3.8) is 0 Å². The molecule has 5 rings (SSSR count). The number of aryl methyl sites for hydroxylation is 1. The van der Waals surface area contributed by atoms with Gasteiger partial charge in [0.2, 0.25) is 0 Å². The van der Waals surface area contributed by atoms with Gasteiger partial charge in [0.25, 0.3) is 5.91 Å². The fraction of sp³-hybridized carbons (Fsp3) is 0.0769. The van der Waals surface area contributed by atoms with Gasteiger partial charge in [-0.3, -0.25) is 4.79 Å². The van der Waals surface area contributed by atoms with Gasteiger partial charge in [-0.2, -0.15) is 5.10 Å². The van der Waals surface area contributed by atoms with E-state index < -0.39 is 0 Å². The summed E-state index contributed by atoms with van der Waals surface area (Å²) in [5.74, 6) is 0.0939. The van der Waals surface area contributed by atoms with E-state index in [9.17, 15) is 9.18 Å². The highest BCUT2D eigenvalue weighted by molar-refractivity contribution is 6.02. The van der Waals surface area contributed by atoms with E-state index in [1.165, 1.54) is 18.4 Å². The van der Waals surface area contributed by atoms with Crippen molar-refractivity contribution in [2.75, 3.05) is 5.32 Å². The molecule has 0 fully saturated rings. The Labute approximate surface area is 189 Å². The second kappa shape index (κ2) is 8.27. The van der Waals surface area contributed by atoms with Gasteiger partial charge >= 0.3 is 0 Å². The lowest BCUT2D eigenvalue weighted by Crippen LogP contribution is -2.14. The van der Waals surface area contributed by atoms with E-state index in [1.54, 1.807) is 28.9 Å². The SMILES string of the molecule is Cc1cc(-c2cc(NC(=O)c3ccco3)n(-c3ccccc3)n2)c(C)n1-c1ccc(F)cc1. The molecule has 0 radical (unpaired) electrons. The van der Waals surface area contributed by atoms with Crippen LogP contribution in [0.1, 0.15) is 21.9 Å². The monoisotopic (exact) mass is 440 g/mol. The maximum absolute atomic E-state index is 13.4. The Kier molecular flexibility index (Phi) is 5.14. The Balaban J connectivity index is 1.59. The Bertz CT molecular complexity index is 1420. The molecule has 164 valence electrons. The van der Waals surface area contributed by atoms with Crippen LogP contribution in [0.3, 0.4) is 0 Å². The summed E-state index contributed by atoms with van der Waals surface area (Å²) in [6, 6.07) is 23.1. The number of carbonyl (C=O) groups is 1. The number of halogens is 1. The predicted molar refractivity (Wildman–Crippen MR) is 124 cm³/mol. The number of aromatic nitrogens is 3. The van der Waals surface area contributed by atoms with Crippen molar-refractivity contribution in [3.05, 3.63) is 108 Å². The summed E-state index contributed by atoms with van der Waals surface area (Å²) in [5.41, 5.74) is 5.25. The molecule has 0 aliphatic carbocycles. The number of furan rings is 1. The average Bonchev–Trinajstić information content (AvgIpc) is 3.55. The van der Waals surface area contributed by atoms with Crippen LogP contribution in [0.5, 0.6) is 0 Å². The minimum Gasteiger partial charge on any atom is -0.459 e.